The second kappa shape index (κ2) is 9.90. The molecule has 7 heteroatoms. The molecule has 2 aromatic carbocycles. The minimum Gasteiger partial charge on any atom is -0.497 e. The van der Waals surface area contributed by atoms with Crippen LogP contribution in [0.2, 0.25) is 0 Å². The number of carbonyl (C=O) groups excluding carboxylic acids is 1. The molecule has 0 bridgehead atoms. The molecule has 0 spiro atoms. The van der Waals surface area contributed by atoms with E-state index in [4.69, 9.17) is 14.5 Å². The number of nitrogens with zero attached hydrogens (tertiary/aromatic N) is 4. The summed E-state index contributed by atoms with van der Waals surface area (Å²) in [5.74, 6) is 2.93. The first kappa shape index (κ1) is 22.6. The van der Waals surface area contributed by atoms with E-state index in [9.17, 15) is 4.79 Å². The Morgan fingerprint density at radius 1 is 0.909 bits per heavy atom. The summed E-state index contributed by atoms with van der Waals surface area (Å²) in [4.78, 5) is 26.7. The van der Waals surface area contributed by atoms with Gasteiger partial charge in [-0.3, -0.25) is 4.79 Å². The molecule has 0 radical (unpaired) electrons. The smallest absolute Gasteiger partial charge is 0.254 e. The van der Waals surface area contributed by atoms with Gasteiger partial charge in [0.05, 0.1) is 14.2 Å². The molecule has 3 aromatic rings. The van der Waals surface area contributed by atoms with Gasteiger partial charge in [0.15, 0.2) is 0 Å². The van der Waals surface area contributed by atoms with Gasteiger partial charge in [0.2, 0.25) is 0 Å². The molecular weight excluding hydrogens is 416 g/mol. The number of benzene rings is 2. The van der Waals surface area contributed by atoms with Crippen LogP contribution in [0.5, 0.6) is 11.5 Å². The highest BCUT2D eigenvalue weighted by Crippen LogP contribution is 2.27. The molecule has 1 fully saturated rings. The van der Waals surface area contributed by atoms with Crippen molar-refractivity contribution >= 4 is 11.7 Å². The molecule has 0 unspecified atom stereocenters. The highest BCUT2D eigenvalue weighted by molar-refractivity contribution is 5.95. The SMILES string of the molecule is COc1cc(OC)cc(C(=O)N2CCN(c3nc(C)nc(C)c3Cc3ccccc3)CC2)c1. The summed E-state index contributed by atoms with van der Waals surface area (Å²) < 4.78 is 10.6. The van der Waals surface area contributed by atoms with Gasteiger partial charge in [0.25, 0.3) is 5.91 Å². The summed E-state index contributed by atoms with van der Waals surface area (Å²) in [6, 6.07) is 15.7. The van der Waals surface area contributed by atoms with Gasteiger partial charge in [-0.2, -0.15) is 0 Å². The Labute approximate surface area is 195 Å². The number of hydrogen-bond acceptors (Lipinski definition) is 6. The number of ether oxygens (including phenoxy) is 2. The van der Waals surface area contributed by atoms with E-state index in [0.29, 0.717) is 43.2 Å². The second-order valence-corrected chi connectivity index (χ2v) is 8.20. The van der Waals surface area contributed by atoms with Crippen LogP contribution in [0.15, 0.2) is 48.5 Å². The monoisotopic (exact) mass is 446 g/mol. The highest BCUT2D eigenvalue weighted by atomic mass is 16.5. The van der Waals surface area contributed by atoms with Crippen molar-refractivity contribution in [1.29, 1.82) is 0 Å². The van der Waals surface area contributed by atoms with Crippen LogP contribution in [-0.2, 0) is 6.42 Å². The van der Waals surface area contributed by atoms with Gasteiger partial charge in [0.1, 0.15) is 23.1 Å². The maximum absolute atomic E-state index is 13.2. The lowest BCUT2D eigenvalue weighted by molar-refractivity contribution is 0.0745. The summed E-state index contributed by atoms with van der Waals surface area (Å²) >= 11 is 0. The third-order valence-corrected chi connectivity index (χ3v) is 5.99. The molecule has 4 rings (SSSR count). The molecule has 1 aromatic heterocycles. The molecule has 0 aliphatic carbocycles. The van der Waals surface area contributed by atoms with Crippen LogP contribution in [0.3, 0.4) is 0 Å². The zero-order chi connectivity index (χ0) is 23.4. The van der Waals surface area contributed by atoms with E-state index < -0.39 is 0 Å². The molecule has 172 valence electrons. The summed E-state index contributed by atoms with van der Waals surface area (Å²) in [5.41, 5.74) is 3.95. The molecule has 0 atom stereocenters. The number of amides is 1. The Balaban J connectivity index is 1.52. The molecule has 33 heavy (non-hydrogen) atoms. The molecule has 0 saturated carbocycles. The minimum atomic E-state index is -0.0218. The maximum atomic E-state index is 13.2. The zero-order valence-electron chi connectivity index (χ0n) is 19.7. The van der Waals surface area contributed by atoms with E-state index >= 15 is 0 Å². The number of carbonyl (C=O) groups is 1. The van der Waals surface area contributed by atoms with Crippen molar-refractivity contribution in [2.45, 2.75) is 20.3 Å². The number of aromatic nitrogens is 2. The molecule has 1 amide bonds. The average Bonchev–Trinajstić information content (AvgIpc) is 2.85. The molecule has 1 aliphatic rings. The van der Waals surface area contributed by atoms with E-state index in [0.717, 1.165) is 29.3 Å². The topological polar surface area (TPSA) is 67.8 Å². The number of aryl methyl sites for hydroxylation is 2. The van der Waals surface area contributed by atoms with Crippen molar-refractivity contribution in [3.63, 3.8) is 0 Å². The van der Waals surface area contributed by atoms with E-state index in [2.05, 4.69) is 34.1 Å². The van der Waals surface area contributed by atoms with Crippen molar-refractivity contribution in [2.75, 3.05) is 45.3 Å². The fourth-order valence-electron chi connectivity index (χ4n) is 4.22. The van der Waals surface area contributed by atoms with Gasteiger partial charge < -0.3 is 19.3 Å². The van der Waals surface area contributed by atoms with Crippen molar-refractivity contribution < 1.29 is 14.3 Å². The molecule has 0 N–H and O–H groups in total. The number of rotatable bonds is 6. The first-order chi connectivity index (χ1) is 16.0. The summed E-state index contributed by atoms with van der Waals surface area (Å²) in [7, 11) is 3.17. The van der Waals surface area contributed by atoms with Gasteiger partial charge in [-0.15, -0.1) is 0 Å². The summed E-state index contributed by atoms with van der Waals surface area (Å²) in [6.45, 7) is 6.64. The Hall–Kier alpha value is -3.61. The normalized spacial score (nSPS) is 13.7. The molecule has 1 aliphatic heterocycles. The van der Waals surface area contributed by atoms with Crippen molar-refractivity contribution in [3.05, 3.63) is 76.7 Å². The minimum absolute atomic E-state index is 0.0218. The fourth-order valence-corrected chi connectivity index (χ4v) is 4.22. The van der Waals surface area contributed by atoms with Crippen LogP contribution in [0.25, 0.3) is 0 Å². The zero-order valence-corrected chi connectivity index (χ0v) is 19.7. The van der Waals surface area contributed by atoms with Crippen molar-refractivity contribution in [2.24, 2.45) is 0 Å². The molecule has 1 saturated heterocycles. The summed E-state index contributed by atoms with van der Waals surface area (Å²) in [6.07, 6.45) is 0.783. The third-order valence-electron chi connectivity index (χ3n) is 5.99. The van der Waals surface area contributed by atoms with Gasteiger partial charge in [0, 0.05) is 55.5 Å². The number of methoxy groups -OCH3 is 2. The van der Waals surface area contributed by atoms with Crippen LogP contribution in [-0.4, -0.2) is 61.2 Å². The molecule has 7 nitrogen and oxygen atoms in total. The number of piperazine rings is 1. The lowest BCUT2D eigenvalue weighted by Crippen LogP contribution is -2.49. The summed E-state index contributed by atoms with van der Waals surface area (Å²) in [5, 5.41) is 0. The lowest BCUT2D eigenvalue weighted by atomic mass is 10.0. The van der Waals surface area contributed by atoms with E-state index in [-0.39, 0.29) is 5.91 Å². The number of anilines is 1. The molecule has 2 heterocycles. The van der Waals surface area contributed by atoms with Crippen molar-refractivity contribution in [1.82, 2.24) is 14.9 Å². The van der Waals surface area contributed by atoms with Gasteiger partial charge in [-0.25, -0.2) is 9.97 Å². The quantitative estimate of drug-likeness (QED) is 0.576. The molecular formula is C26H30N4O3. The Kier molecular flexibility index (Phi) is 6.77. The maximum Gasteiger partial charge on any atom is 0.254 e. The first-order valence-electron chi connectivity index (χ1n) is 11.1. The van der Waals surface area contributed by atoms with Crippen LogP contribution in [0.4, 0.5) is 5.82 Å². The van der Waals surface area contributed by atoms with Crippen LogP contribution < -0.4 is 14.4 Å². The first-order valence-corrected chi connectivity index (χ1v) is 11.1. The van der Waals surface area contributed by atoms with Gasteiger partial charge in [-0.1, -0.05) is 30.3 Å². The second-order valence-electron chi connectivity index (χ2n) is 8.20. The lowest BCUT2D eigenvalue weighted by Gasteiger charge is -2.36. The van der Waals surface area contributed by atoms with Gasteiger partial charge >= 0.3 is 0 Å². The Morgan fingerprint density at radius 3 is 2.15 bits per heavy atom. The highest BCUT2D eigenvalue weighted by Gasteiger charge is 2.26. The van der Waals surface area contributed by atoms with Crippen molar-refractivity contribution in [3.8, 4) is 11.5 Å². The predicted molar refractivity (Wildman–Crippen MR) is 128 cm³/mol. The Bertz CT molecular complexity index is 1100. The van der Waals surface area contributed by atoms with Gasteiger partial charge in [-0.05, 0) is 31.5 Å². The van der Waals surface area contributed by atoms with E-state index in [1.807, 2.05) is 24.8 Å². The number of hydrogen-bond donors (Lipinski definition) is 0. The van der Waals surface area contributed by atoms with E-state index in [1.54, 1.807) is 32.4 Å². The van der Waals surface area contributed by atoms with E-state index in [1.165, 1.54) is 5.56 Å². The van der Waals surface area contributed by atoms with Crippen LogP contribution in [0.1, 0.15) is 33.0 Å². The largest absolute Gasteiger partial charge is 0.497 e. The fraction of sp³-hybridized carbons (Fsp3) is 0.346. The Morgan fingerprint density at radius 2 is 1.55 bits per heavy atom. The van der Waals surface area contributed by atoms with Crippen LogP contribution in [0, 0.1) is 13.8 Å². The predicted octanol–water partition coefficient (Wildman–Crippen LogP) is 3.66. The van der Waals surface area contributed by atoms with Crippen LogP contribution >= 0.6 is 0 Å². The average molecular weight is 447 g/mol. The standard InChI is InChI=1S/C26H30N4O3/c1-18-24(14-20-8-6-5-7-9-20)25(28-19(2)27-18)29-10-12-30(13-11-29)26(31)21-15-22(32-3)17-23(16-21)33-4/h5-9,15-17H,10-14H2,1-4H3. The third kappa shape index (κ3) is 5.08.